The number of rotatable bonds is 5. The summed E-state index contributed by atoms with van der Waals surface area (Å²) in [5, 5.41) is 22.5. The van der Waals surface area contributed by atoms with Crippen molar-refractivity contribution in [2.24, 2.45) is 0 Å². The van der Waals surface area contributed by atoms with Gasteiger partial charge in [0.2, 0.25) is 5.56 Å². The molecule has 1 aromatic heterocycles. The third-order valence-electron chi connectivity index (χ3n) is 2.53. The van der Waals surface area contributed by atoms with Crippen molar-refractivity contribution in [3.05, 3.63) is 33.7 Å². The van der Waals surface area contributed by atoms with Gasteiger partial charge in [-0.2, -0.15) is 0 Å². The minimum absolute atomic E-state index is 0.210. The van der Waals surface area contributed by atoms with Crippen LogP contribution in [0.25, 0.3) is 0 Å². The molecule has 0 aliphatic rings. The van der Waals surface area contributed by atoms with Gasteiger partial charge in [-0.3, -0.25) is 4.79 Å². The Hall–Kier alpha value is -1.17. The summed E-state index contributed by atoms with van der Waals surface area (Å²) < 4.78 is 0. The SMILES string of the molecule is CNCCC(O)C(O)c1ccc(=O)[nH]c1C. The molecular formula is C11H18N2O3. The fourth-order valence-electron chi connectivity index (χ4n) is 1.57. The van der Waals surface area contributed by atoms with Crippen molar-refractivity contribution in [1.82, 2.24) is 10.3 Å². The van der Waals surface area contributed by atoms with Gasteiger partial charge in [0.25, 0.3) is 0 Å². The molecule has 0 spiro atoms. The number of hydrogen-bond acceptors (Lipinski definition) is 4. The minimum Gasteiger partial charge on any atom is -0.390 e. The van der Waals surface area contributed by atoms with Crippen molar-refractivity contribution in [1.29, 1.82) is 0 Å². The van der Waals surface area contributed by atoms with Crippen LogP contribution in [0.1, 0.15) is 23.8 Å². The predicted molar refractivity (Wildman–Crippen MR) is 61.3 cm³/mol. The fraction of sp³-hybridized carbons (Fsp3) is 0.545. The van der Waals surface area contributed by atoms with Gasteiger partial charge < -0.3 is 20.5 Å². The molecule has 0 saturated heterocycles. The number of aromatic nitrogens is 1. The lowest BCUT2D eigenvalue weighted by Crippen LogP contribution is -2.24. The number of aromatic amines is 1. The Bertz CT molecular complexity index is 389. The summed E-state index contributed by atoms with van der Waals surface area (Å²) >= 11 is 0. The second kappa shape index (κ2) is 5.79. The summed E-state index contributed by atoms with van der Waals surface area (Å²) in [5.74, 6) is 0. The van der Waals surface area contributed by atoms with Crippen molar-refractivity contribution >= 4 is 0 Å². The molecule has 0 saturated carbocycles. The van der Waals surface area contributed by atoms with E-state index in [1.54, 1.807) is 20.0 Å². The topological polar surface area (TPSA) is 85.3 Å². The Kier molecular flexibility index (Phi) is 4.67. The fourth-order valence-corrected chi connectivity index (χ4v) is 1.57. The summed E-state index contributed by atoms with van der Waals surface area (Å²) in [4.78, 5) is 13.6. The van der Waals surface area contributed by atoms with Crippen molar-refractivity contribution in [3.8, 4) is 0 Å². The Morgan fingerprint density at radius 2 is 2.12 bits per heavy atom. The Labute approximate surface area is 94.1 Å². The first-order chi connectivity index (χ1) is 7.56. The van der Waals surface area contributed by atoms with E-state index in [0.717, 1.165) is 0 Å². The van der Waals surface area contributed by atoms with Crippen molar-refractivity contribution < 1.29 is 10.2 Å². The van der Waals surface area contributed by atoms with Crippen LogP contribution in [-0.4, -0.2) is 34.9 Å². The number of aliphatic hydroxyl groups is 2. The van der Waals surface area contributed by atoms with Crippen LogP contribution in [0.4, 0.5) is 0 Å². The average Bonchev–Trinajstić information content (AvgIpc) is 2.25. The highest BCUT2D eigenvalue weighted by molar-refractivity contribution is 5.21. The van der Waals surface area contributed by atoms with Gasteiger partial charge in [-0.1, -0.05) is 0 Å². The summed E-state index contributed by atoms with van der Waals surface area (Å²) in [7, 11) is 1.78. The van der Waals surface area contributed by atoms with Gasteiger partial charge in [0, 0.05) is 17.3 Å². The van der Waals surface area contributed by atoms with Crippen molar-refractivity contribution in [3.63, 3.8) is 0 Å². The zero-order valence-corrected chi connectivity index (χ0v) is 9.53. The molecule has 0 radical (unpaired) electrons. The van der Waals surface area contributed by atoms with Crippen LogP contribution in [0, 0.1) is 6.92 Å². The lowest BCUT2D eigenvalue weighted by atomic mass is 10.0. The molecule has 2 unspecified atom stereocenters. The molecule has 0 amide bonds. The van der Waals surface area contributed by atoms with E-state index in [4.69, 9.17) is 0 Å². The summed E-state index contributed by atoms with van der Waals surface area (Å²) in [5.41, 5.74) is 0.935. The summed E-state index contributed by atoms with van der Waals surface area (Å²) in [6, 6.07) is 2.89. The molecule has 90 valence electrons. The molecular weight excluding hydrogens is 208 g/mol. The highest BCUT2D eigenvalue weighted by Gasteiger charge is 2.19. The zero-order valence-electron chi connectivity index (χ0n) is 9.53. The smallest absolute Gasteiger partial charge is 0.248 e. The van der Waals surface area contributed by atoms with Crippen LogP contribution in [0.15, 0.2) is 16.9 Å². The van der Waals surface area contributed by atoms with Crippen LogP contribution in [0.2, 0.25) is 0 Å². The van der Waals surface area contributed by atoms with Gasteiger partial charge in [0.1, 0.15) is 6.10 Å². The maximum absolute atomic E-state index is 11.0. The molecule has 1 aromatic rings. The Morgan fingerprint density at radius 1 is 1.44 bits per heavy atom. The van der Waals surface area contributed by atoms with Crippen LogP contribution in [-0.2, 0) is 0 Å². The molecule has 1 rings (SSSR count). The molecule has 5 heteroatoms. The summed E-state index contributed by atoms with van der Waals surface area (Å²) in [6.07, 6.45) is -1.35. The normalized spacial score (nSPS) is 14.8. The third-order valence-corrected chi connectivity index (χ3v) is 2.53. The molecule has 0 bridgehead atoms. The first-order valence-corrected chi connectivity index (χ1v) is 5.27. The van der Waals surface area contributed by atoms with E-state index in [9.17, 15) is 15.0 Å². The van der Waals surface area contributed by atoms with Gasteiger partial charge in [0.15, 0.2) is 0 Å². The minimum atomic E-state index is -0.967. The van der Waals surface area contributed by atoms with Crippen LogP contribution in [0.3, 0.4) is 0 Å². The first-order valence-electron chi connectivity index (χ1n) is 5.27. The predicted octanol–water partition coefficient (Wildman–Crippen LogP) is -0.313. The summed E-state index contributed by atoms with van der Waals surface area (Å²) in [6.45, 7) is 2.32. The number of hydrogen-bond donors (Lipinski definition) is 4. The molecule has 0 fully saturated rings. The standard InChI is InChI=1S/C11H18N2O3/c1-7-8(3-4-10(15)13-7)11(16)9(14)5-6-12-2/h3-4,9,11-12,14,16H,5-6H2,1-2H3,(H,13,15). The van der Waals surface area contributed by atoms with E-state index in [-0.39, 0.29) is 5.56 Å². The molecule has 16 heavy (non-hydrogen) atoms. The van der Waals surface area contributed by atoms with Crippen LogP contribution >= 0.6 is 0 Å². The lowest BCUT2D eigenvalue weighted by Gasteiger charge is -2.19. The van der Waals surface area contributed by atoms with Gasteiger partial charge in [0.05, 0.1) is 6.10 Å². The van der Waals surface area contributed by atoms with Gasteiger partial charge >= 0.3 is 0 Å². The average molecular weight is 226 g/mol. The number of nitrogens with one attached hydrogen (secondary N) is 2. The van der Waals surface area contributed by atoms with Gasteiger partial charge in [-0.15, -0.1) is 0 Å². The van der Waals surface area contributed by atoms with E-state index in [2.05, 4.69) is 10.3 Å². The van der Waals surface area contributed by atoms with E-state index < -0.39 is 12.2 Å². The molecule has 0 aliphatic carbocycles. The van der Waals surface area contributed by atoms with E-state index in [0.29, 0.717) is 24.2 Å². The zero-order chi connectivity index (χ0) is 12.1. The highest BCUT2D eigenvalue weighted by Crippen LogP contribution is 2.19. The highest BCUT2D eigenvalue weighted by atomic mass is 16.3. The second-order valence-electron chi connectivity index (χ2n) is 3.81. The van der Waals surface area contributed by atoms with E-state index in [1.807, 2.05) is 0 Å². The maximum atomic E-state index is 11.0. The van der Waals surface area contributed by atoms with Crippen molar-refractivity contribution in [2.45, 2.75) is 25.6 Å². The number of H-pyrrole nitrogens is 1. The van der Waals surface area contributed by atoms with E-state index in [1.165, 1.54) is 6.07 Å². The van der Waals surface area contributed by atoms with Gasteiger partial charge in [-0.25, -0.2) is 0 Å². The number of aliphatic hydroxyl groups excluding tert-OH is 2. The quantitative estimate of drug-likeness (QED) is 0.554. The molecule has 4 N–H and O–H groups in total. The third kappa shape index (κ3) is 3.16. The Balaban J connectivity index is 2.79. The van der Waals surface area contributed by atoms with Crippen LogP contribution < -0.4 is 10.9 Å². The molecule has 5 nitrogen and oxygen atoms in total. The Morgan fingerprint density at radius 3 is 2.69 bits per heavy atom. The molecule has 1 heterocycles. The molecule has 0 aromatic carbocycles. The largest absolute Gasteiger partial charge is 0.390 e. The number of aryl methyl sites for hydroxylation is 1. The second-order valence-corrected chi connectivity index (χ2v) is 3.81. The first kappa shape index (κ1) is 12.9. The van der Waals surface area contributed by atoms with Crippen molar-refractivity contribution in [2.75, 3.05) is 13.6 Å². The van der Waals surface area contributed by atoms with Crippen LogP contribution in [0.5, 0.6) is 0 Å². The number of pyridine rings is 1. The van der Waals surface area contributed by atoms with Gasteiger partial charge in [-0.05, 0) is 33.0 Å². The molecule has 0 aliphatic heterocycles. The maximum Gasteiger partial charge on any atom is 0.248 e. The lowest BCUT2D eigenvalue weighted by molar-refractivity contribution is 0.0134. The molecule has 2 atom stereocenters. The van der Waals surface area contributed by atoms with E-state index >= 15 is 0 Å². The monoisotopic (exact) mass is 226 g/mol.